The molecule has 0 spiro atoms. The maximum Gasteiger partial charge on any atom is 0.255 e. The third-order valence-corrected chi connectivity index (χ3v) is 2.48. The van der Waals surface area contributed by atoms with Crippen molar-refractivity contribution in [1.29, 1.82) is 0 Å². The number of phenolic OH excluding ortho intramolecular Hbond substituents is 2. The fourth-order valence-corrected chi connectivity index (χ4v) is 1.57. The zero-order valence-corrected chi connectivity index (χ0v) is 9.81. The Balaban J connectivity index is 2.78. The summed E-state index contributed by atoms with van der Waals surface area (Å²) in [6, 6.07) is 3.71. The van der Waals surface area contributed by atoms with Crippen LogP contribution in [0.4, 0.5) is 0 Å². The summed E-state index contributed by atoms with van der Waals surface area (Å²) in [5.41, 5.74) is 5.58. The SMILES string of the molecule is CCCC(CN)NC(=O)c1cc(O)ccc1O. The lowest BCUT2D eigenvalue weighted by Crippen LogP contribution is -2.40. The highest BCUT2D eigenvalue weighted by Crippen LogP contribution is 2.21. The van der Waals surface area contributed by atoms with Crippen LogP contribution in [-0.4, -0.2) is 28.7 Å². The summed E-state index contributed by atoms with van der Waals surface area (Å²) in [6.07, 6.45) is 1.69. The highest BCUT2D eigenvalue weighted by atomic mass is 16.3. The van der Waals surface area contributed by atoms with Crippen LogP contribution in [0.15, 0.2) is 18.2 Å². The summed E-state index contributed by atoms with van der Waals surface area (Å²) in [5.74, 6) is -0.650. The van der Waals surface area contributed by atoms with Crippen molar-refractivity contribution in [2.45, 2.75) is 25.8 Å². The Hall–Kier alpha value is -1.75. The van der Waals surface area contributed by atoms with E-state index in [9.17, 15) is 15.0 Å². The fraction of sp³-hybridized carbons (Fsp3) is 0.417. The molecule has 0 fully saturated rings. The van der Waals surface area contributed by atoms with Gasteiger partial charge >= 0.3 is 0 Å². The molecular formula is C12H18N2O3. The van der Waals surface area contributed by atoms with Gasteiger partial charge in [-0.1, -0.05) is 13.3 Å². The van der Waals surface area contributed by atoms with E-state index in [-0.39, 0.29) is 23.1 Å². The summed E-state index contributed by atoms with van der Waals surface area (Å²) >= 11 is 0. The van der Waals surface area contributed by atoms with Crippen LogP contribution in [0, 0.1) is 0 Å². The molecule has 5 N–H and O–H groups in total. The van der Waals surface area contributed by atoms with Crippen molar-refractivity contribution < 1.29 is 15.0 Å². The first-order valence-electron chi connectivity index (χ1n) is 5.61. The van der Waals surface area contributed by atoms with E-state index in [1.165, 1.54) is 18.2 Å². The largest absolute Gasteiger partial charge is 0.508 e. The number of carbonyl (C=O) groups excluding carboxylic acids is 1. The predicted molar refractivity (Wildman–Crippen MR) is 65.0 cm³/mol. The molecule has 5 heteroatoms. The Kier molecular flexibility index (Phi) is 4.78. The lowest BCUT2D eigenvalue weighted by atomic mass is 10.1. The van der Waals surface area contributed by atoms with Crippen molar-refractivity contribution in [1.82, 2.24) is 5.32 Å². The van der Waals surface area contributed by atoms with Crippen LogP contribution in [-0.2, 0) is 0 Å². The number of hydrogen-bond acceptors (Lipinski definition) is 4. The minimum atomic E-state index is -0.428. The molecule has 0 aliphatic rings. The molecule has 17 heavy (non-hydrogen) atoms. The first-order valence-corrected chi connectivity index (χ1v) is 5.61. The minimum Gasteiger partial charge on any atom is -0.508 e. The quantitative estimate of drug-likeness (QED) is 0.574. The highest BCUT2D eigenvalue weighted by Gasteiger charge is 2.15. The van der Waals surface area contributed by atoms with E-state index in [1.807, 2.05) is 6.92 Å². The molecular weight excluding hydrogens is 220 g/mol. The molecule has 94 valence electrons. The minimum absolute atomic E-state index is 0.0551. The molecule has 0 aliphatic heterocycles. The average Bonchev–Trinajstić information content (AvgIpc) is 2.31. The molecule has 1 amide bonds. The number of hydrogen-bond donors (Lipinski definition) is 4. The molecule has 1 rings (SSSR count). The number of phenols is 2. The third kappa shape index (κ3) is 3.64. The molecule has 0 heterocycles. The van der Waals surface area contributed by atoms with Crippen molar-refractivity contribution in [3.63, 3.8) is 0 Å². The zero-order valence-electron chi connectivity index (χ0n) is 9.81. The maximum absolute atomic E-state index is 11.8. The molecule has 0 aliphatic carbocycles. The Bertz CT molecular complexity index is 393. The molecule has 1 unspecified atom stereocenters. The van der Waals surface area contributed by atoms with Gasteiger partial charge in [0, 0.05) is 12.6 Å². The second-order valence-corrected chi connectivity index (χ2v) is 3.90. The normalized spacial score (nSPS) is 12.1. The molecule has 1 aromatic rings. The number of benzene rings is 1. The van der Waals surface area contributed by atoms with E-state index in [4.69, 9.17) is 5.73 Å². The van der Waals surface area contributed by atoms with Gasteiger partial charge in [-0.15, -0.1) is 0 Å². The first kappa shape index (κ1) is 13.3. The van der Waals surface area contributed by atoms with Crippen molar-refractivity contribution >= 4 is 5.91 Å². The number of nitrogens with two attached hydrogens (primary N) is 1. The van der Waals surface area contributed by atoms with Gasteiger partial charge in [0.05, 0.1) is 5.56 Å². The second-order valence-electron chi connectivity index (χ2n) is 3.90. The zero-order chi connectivity index (χ0) is 12.8. The van der Waals surface area contributed by atoms with Gasteiger partial charge in [-0.25, -0.2) is 0 Å². The fourth-order valence-electron chi connectivity index (χ4n) is 1.57. The van der Waals surface area contributed by atoms with Gasteiger partial charge in [-0.05, 0) is 24.6 Å². The number of carbonyl (C=O) groups is 1. The lowest BCUT2D eigenvalue weighted by Gasteiger charge is -2.16. The van der Waals surface area contributed by atoms with Crippen LogP contribution in [0.5, 0.6) is 11.5 Å². The lowest BCUT2D eigenvalue weighted by molar-refractivity contribution is 0.0933. The summed E-state index contributed by atoms with van der Waals surface area (Å²) in [7, 11) is 0. The second kappa shape index (κ2) is 6.10. The Morgan fingerprint density at radius 1 is 1.47 bits per heavy atom. The van der Waals surface area contributed by atoms with E-state index in [0.717, 1.165) is 12.8 Å². The van der Waals surface area contributed by atoms with Gasteiger partial charge in [0.25, 0.3) is 5.91 Å². The van der Waals surface area contributed by atoms with Crippen molar-refractivity contribution in [3.8, 4) is 11.5 Å². The molecule has 1 atom stereocenters. The Morgan fingerprint density at radius 2 is 2.18 bits per heavy atom. The number of nitrogens with one attached hydrogen (secondary N) is 1. The Labute approximate surface area is 100 Å². The third-order valence-electron chi connectivity index (χ3n) is 2.48. The molecule has 0 saturated heterocycles. The maximum atomic E-state index is 11.8. The van der Waals surface area contributed by atoms with Gasteiger partial charge in [-0.2, -0.15) is 0 Å². The summed E-state index contributed by atoms with van der Waals surface area (Å²) in [6.45, 7) is 2.35. The van der Waals surface area contributed by atoms with E-state index in [0.29, 0.717) is 6.54 Å². The number of amides is 1. The molecule has 1 aromatic carbocycles. The monoisotopic (exact) mass is 238 g/mol. The van der Waals surface area contributed by atoms with E-state index in [1.54, 1.807) is 0 Å². The van der Waals surface area contributed by atoms with Crippen LogP contribution in [0.25, 0.3) is 0 Å². The van der Waals surface area contributed by atoms with Crippen LogP contribution >= 0.6 is 0 Å². The van der Waals surface area contributed by atoms with Crippen LogP contribution in [0.1, 0.15) is 30.1 Å². The molecule has 0 aromatic heterocycles. The van der Waals surface area contributed by atoms with E-state index < -0.39 is 5.91 Å². The smallest absolute Gasteiger partial charge is 0.255 e. The van der Waals surface area contributed by atoms with Crippen molar-refractivity contribution in [2.75, 3.05) is 6.54 Å². The van der Waals surface area contributed by atoms with E-state index >= 15 is 0 Å². The Morgan fingerprint density at radius 3 is 2.76 bits per heavy atom. The topological polar surface area (TPSA) is 95.6 Å². The van der Waals surface area contributed by atoms with Gasteiger partial charge in [0.1, 0.15) is 11.5 Å². The van der Waals surface area contributed by atoms with E-state index in [2.05, 4.69) is 5.32 Å². The van der Waals surface area contributed by atoms with Crippen LogP contribution in [0.2, 0.25) is 0 Å². The molecule has 0 radical (unpaired) electrons. The van der Waals surface area contributed by atoms with Crippen molar-refractivity contribution in [2.24, 2.45) is 5.73 Å². The predicted octanol–water partition coefficient (Wildman–Crippen LogP) is 0.955. The first-order chi connectivity index (χ1) is 8.08. The van der Waals surface area contributed by atoms with Crippen LogP contribution in [0.3, 0.4) is 0 Å². The van der Waals surface area contributed by atoms with Gasteiger partial charge in [0.15, 0.2) is 0 Å². The molecule has 5 nitrogen and oxygen atoms in total. The standard InChI is InChI=1S/C12H18N2O3/c1-2-3-8(7-13)14-12(17)10-6-9(15)4-5-11(10)16/h4-6,8,15-16H,2-3,7,13H2,1H3,(H,14,17). The highest BCUT2D eigenvalue weighted by molar-refractivity contribution is 5.97. The summed E-state index contributed by atoms with van der Waals surface area (Å²) in [5, 5.41) is 21.5. The average molecular weight is 238 g/mol. The summed E-state index contributed by atoms with van der Waals surface area (Å²) in [4.78, 5) is 11.8. The molecule has 0 bridgehead atoms. The van der Waals surface area contributed by atoms with Gasteiger partial charge in [-0.3, -0.25) is 4.79 Å². The van der Waals surface area contributed by atoms with Crippen LogP contribution < -0.4 is 11.1 Å². The van der Waals surface area contributed by atoms with Gasteiger partial charge in [0.2, 0.25) is 0 Å². The van der Waals surface area contributed by atoms with Gasteiger partial charge < -0.3 is 21.3 Å². The van der Waals surface area contributed by atoms with Crippen molar-refractivity contribution in [3.05, 3.63) is 23.8 Å². The number of rotatable bonds is 5. The molecule has 0 saturated carbocycles. The number of aromatic hydroxyl groups is 2. The summed E-state index contributed by atoms with van der Waals surface area (Å²) < 4.78 is 0.